The van der Waals surface area contributed by atoms with Crippen molar-refractivity contribution in [2.24, 2.45) is 0 Å². The van der Waals surface area contributed by atoms with Gasteiger partial charge >= 0.3 is 0 Å². The smallest absolute Gasteiger partial charge is 0.220 e. The van der Waals surface area contributed by atoms with Crippen LogP contribution in [0.4, 0.5) is 0 Å². The van der Waals surface area contributed by atoms with Crippen LogP contribution in [-0.2, 0) is 9.53 Å². The lowest BCUT2D eigenvalue weighted by Gasteiger charge is -2.20. The number of hydrogen-bond acceptors (Lipinski definition) is 2. The van der Waals surface area contributed by atoms with E-state index in [0.717, 1.165) is 11.9 Å². The predicted octanol–water partition coefficient (Wildman–Crippen LogP) is 4.46. The number of benzene rings is 2. The first kappa shape index (κ1) is 19.2. The van der Waals surface area contributed by atoms with Crippen LogP contribution in [0.15, 0.2) is 48.7 Å². The molecule has 3 aromatic rings. The largest absolute Gasteiger partial charge is 0.385 e. The minimum absolute atomic E-state index is 0.0178. The molecule has 0 aliphatic rings. The zero-order valence-electron chi connectivity index (χ0n) is 16.3. The number of rotatable bonds is 8. The molecule has 4 nitrogen and oxygen atoms in total. The highest BCUT2D eigenvalue weighted by molar-refractivity contribution is 5.86. The van der Waals surface area contributed by atoms with E-state index in [4.69, 9.17) is 4.74 Å². The highest BCUT2D eigenvalue weighted by atomic mass is 16.5. The molecular weight excluding hydrogens is 336 g/mol. The van der Waals surface area contributed by atoms with Crippen molar-refractivity contribution >= 4 is 16.8 Å². The Morgan fingerprint density at radius 2 is 1.96 bits per heavy atom. The molecule has 0 fully saturated rings. The fourth-order valence-corrected chi connectivity index (χ4v) is 3.69. The molecule has 27 heavy (non-hydrogen) atoms. The van der Waals surface area contributed by atoms with Gasteiger partial charge in [-0.05, 0) is 43.0 Å². The van der Waals surface area contributed by atoms with Crippen LogP contribution in [-0.4, -0.2) is 31.2 Å². The minimum Gasteiger partial charge on any atom is -0.385 e. The molecule has 0 saturated carbocycles. The van der Waals surface area contributed by atoms with Gasteiger partial charge in [-0.2, -0.15) is 0 Å². The average Bonchev–Trinajstić information content (AvgIpc) is 3.08. The number of fused-ring (bicyclic) bond motifs is 1. The Labute approximate surface area is 160 Å². The Balaban J connectivity index is 1.91. The van der Waals surface area contributed by atoms with Crippen LogP contribution in [0.5, 0.6) is 0 Å². The number of carbonyl (C=O) groups excluding carboxylic acids is 1. The summed E-state index contributed by atoms with van der Waals surface area (Å²) in [6, 6.07) is 14.7. The van der Waals surface area contributed by atoms with Crippen LogP contribution in [0.3, 0.4) is 0 Å². The quantitative estimate of drug-likeness (QED) is 0.580. The molecule has 2 aromatic carbocycles. The van der Waals surface area contributed by atoms with Gasteiger partial charge in [0.1, 0.15) is 0 Å². The van der Waals surface area contributed by atoms with Crippen LogP contribution in [0.1, 0.15) is 41.0 Å². The third-order valence-electron chi connectivity index (χ3n) is 5.03. The van der Waals surface area contributed by atoms with Gasteiger partial charge in [-0.15, -0.1) is 0 Å². The summed E-state index contributed by atoms with van der Waals surface area (Å²) in [5, 5.41) is 4.21. The molecule has 0 aliphatic carbocycles. The highest BCUT2D eigenvalue weighted by Crippen LogP contribution is 2.35. The molecule has 1 aromatic heterocycles. The first-order chi connectivity index (χ1) is 13.1. The molecule has 0 radical (unpaired) electrons. The minimum atomic E-state index is 0.0178. The Kier molecular flexibility index (Phi) is 6.30. The number of hydrogen-bond donors (Lipinski definition) is 2. The summed E-state index contributed by atoms with van der Waals surface area (Å²) in [5.74, 6) is 0.0885. The summed E-state index contributed by atoms with van der Waals surface area (Å²) in [7, 11) is 1.68. The number of aryl methyl sites for hydroxylation is 2. The highest BCUT2D eigenvalue weighted by Gasteiger charge is 2.22. The zero-order chi connectivity index (χ0) is 19.2. The second-order valence-electron chi connectivity index (χ2n) is 7.10. The van der Waals surface area contributed by atoms with E-state index in [0.29, 0.717) is 19.6 Å². The fraction of sp³-hybridized carbons (Fsp3) is 0.348. The molecule has 142 valence electrons. The van der Waals surface area contributed by atoms with Crippen LogP contribution < -0.4 is 5.32 Å². The third-order valence-corrected chi connectivity index (χ3v) is 5.03. The lowest BCUT2D eigenvalue weighted by molar-refractivity contribution is -0.121. The van der Waals surface area contributed by atoms with Gasteiger partial charge in [0.2, 0.25) is 5.91 Å². The van der Waals surface area contributed by atoms with E-state index >= 15 is 0 Å². The third kappa shape index (κ3) is 4.58. The maximum absolute atomic E-state index is 12.6. The van der Waals surface area contributed by atoms with Crippen molar-refractivity contribution in [2.75, 3.05) is 20.3 Å². The summed E-state index contributed by atoms with van der Waals surface area (Å²) in [6.45, 7) is 5.52. The van der Waals surface area contributed by atoms with E-state index in [1.165, 1.54) is 27.6 Å². The van der Waals surface area contributed by atoms with E-state index in [2.05, 4.69) is 54.5 Å². The van der Waals surface area contributed by atoms with Crippen LogP contribution >= 0.6 is 0 Å². The lowest BCUT2D eigenvalue weighted by Crippen LogP contribution is -2.27. The normalized spacial score (nSPS) is 12.3. The van der Waals surface area contributed by atoms with Crippen LogP contribution in [0.2, 0.25) is 0 Å². The summed E-state index contributed by atoms with van der Waals surface area (Å²) in [6.07, 6.45) is 3.30. The number of methoxy groups -OCH3 is 1. The van der Waals surface area contributed by atoms with Gasteiger partial charge in [0.25, 0.3) is 0 Å². The number of carbonyl (C=O) groups is 1. The number of amides is 1. The second kappa shape index (κ2) is 8.87. The standard InChI is InChI=1S/C23H28N2O2/c1-16-9-10-18(17(2)13-16)20(14-23(26)24-11-6-12-27-3)21-15-25-22-8-5-4-7-19(21)22/h4-5,7-10,13,15,20,25H,6,11-12,14H2,1-3H3,(H,24,26). The number of nitrogens with one attached hydrogen (secondary N) is 2. The van der Waals surface area contributed by atoms with E-state index in [1.807, 2.05) is 18.3 Å². The summed E-state index contributed by atoms with van der Waals surface area (Å²) >= 11 is 0. The first-order valence-corrected chi connectivity index (χ1v) is 9.49. The first-order valence-electron chi connectivity index (χ1n) is 9.49. The Bertz CT molecular complexity index is 914. The topological polar surface area (TPSA) is 54.1 Å². The molecule has 1 amide bonds. The van der Waals surface area contributed by atoms with Crippen molar-refractivity contribution in [2.45, 2.75) is 32.6 Å². The fourth-order valence-electron chi connectivity index (χ4n) is 3.69. The van der Waals surface area contributed by atoms with Crippen molar-refractivity contribution in [3.8, 4) is 0 Å². The monoisotopic (exact) mass is 364 g/mol. The number of aromatic nitrogens is 1. The molecule has 0 spiro atoms. The summed E-state index contributed by atoms with van der Waals surface area (Å²) in [5.41, 5.74) is 5.93. The number of para-hydroxylation sites is 1. The van der Waals surface area contributed by atoms with Crippen molar-refractivity contribution in [3.05, 3.63) is 70.9 Å². The molecule has 0 bridgehead atoms. The number of ether oxygens (including phenoxy) is 1. The molecule has 1 unspecified atom stereocenters. The molecule has 1 heterocycles. The van der Waals surface area contributed by atoms with Crippen molar-refractivity contribution < 1.29 is 9.53 Å². The van der Waals surface area contributed by atoms with Gasteiger partial charge < -0.3 is 15.0 Å². The summed E-state index contributed by atoms with van der Waals surface area (Å²) in [4.78, 5) is 16.0. The summed E-state index contributed by atoms with van der Waals surface area (Å²) < 4.78 is 5.05. The van der Waals surface area contributed by atoms with E-state index < -0.39 is 0 Å². The molecule has 2 N–H and O–H groups in total. The average molecular weight is 364 g/mol. The number of aromatic amines is 1. The zero-order valence-corrected chi connectivity index (χ0v) is 16.3. The van der Waals surface area contributed by atoms with Gasteiger partial charge in [0.05, 0.1) is 0 Å². The maximum Gasteiger partial charge on any atom is 0.220 e. The van der Waals surface area contributed by atoms with Gasteiger partial charge in [-0.3, -0.25) is 4.79 Å². The van der Waals surface area contributed by atoms with Gasteiger partial charge in [-0.25, -0.2) is 0 Å². The van der Waals surface area contributed by atoms with Crippen molar-refractivity contribution in [1.29, 1.82) is 0 Å². The van der Waals surface area contributed by atoms with E-state index in [1.54, 1.807) is 7.11 Å². The van der Waals surface area contributed by atoms with Crippen LogP contribution in [0.25, 0.3) is 10.9 Å². The Morgan fingerprint density at radius 1 is 1.15 bits per heavy atom. The van der Waals surface area contributed by atoms with Crippen LogP contribution in [0, 0.1) is 13.8 Å². The molecule has 0 aliphatic heterocycles. The molecule has 3 rings (SSSR count). The second-order valence-corrected chi connectivity index (χ2v) is 7.10. The maximum atomic E-state index is 12.6. The molecule has 4 heteroatoms. The van der Waals surface area contributed by atoms with Crippen molar-refractivity contribution in [1.82, 2.24) is 10.3 Å². The number of H-pyrrole nitrogens is 1. The van der Waals surface area contributed by atoms with Gasteiger partial charge in [0.15, 0.2) is 0 Å². The van der Waals surface area contributed by atoms with E-state index in [9.17, 15) is 4.79 Å². The van der Waals surface area contributed by atoms with Gasteiger partial charge in [0, 0.05) is 49.7 Å². The predicted molar refractivity (Wildman–Crippen MR) is 110 cm³/mol. The van der Waals surface area contributed by atoms with Gasteiger partial charge in [-0.1, -0.05) is 42.0 Å². The molecular formula is C23H28N2O2. The lowest BCUT2D eigenvalue weighted by atomic mass is 9.85. The molecule has 0 saturated heterocycles. The Hall–Kier alpha value is -2.59. The SMILES string of the molecule is COCCCNC(=O)CC(c1ccc(C)cc1C)c1c[nH]c2ccccc12. The molecule has 1 atom stereocenters. The Morgan fingerprint density at radius 3 is 2.74 bits per heavy atom. The van der Waals surface area contributed by atoms with E-state index in [-0.39, 0.29) is 11.8 Å². The van der Waals surface area contributed by atoms with Crippen molar-refractivity contribution in [3.63, 3.8) is 0 Å².